The predicted molar refractivity (Wildman–Crippen MR) is 50.3 cm³/mol. The van der Waals surface area contributed by atoms with Crippen LogP contribution in [0.3, 0.4) is 0 Å². The van der Waals surface area contributed by atoms with Gasteiger partial charge in [-0.2, -0.15) is 0 Å². The molecule has 0 heterocycles. The number of benzene rings is 1. The molecular weight excluding hydrogens is 150 g/mol. The fourth-order valence-corrected chi connectivity index (χ4v) is 1.05. The van der Waals surface area contributed by atoms with Gasteiger partial charge in [-0.25, -0.2) is 0 Å². The number of hydrogen-bond donors (Lipinski definition) is 0. The Morgan fingerprint density at radius 1 is 1.33 bits per heavy atom. The smallest absolute Gasteiger partial charge is 0.214 e. The van der Waals surface area contributed by atoms with Crippen molar-refractivity contribution in [2.45, 2.75) is 13.8 Å². The Bertz CT molecular complexity index is 253. The van der Waals surface area contributed by atoms with Crippen LogP contribution >= 0.6 is 0 Å². The summed E-state index contributed by atoms with van der Waals surface area (Å²) in [5, 5.41) is 0. The number of anilines is 1. The average molecular weight is 163 g/mol. The third-order valence-electron chi connectivity index (χ3n) is 1.83. The summed E-state index contributed by atoms with van der Waals surface area (Å²) >= 11 is 0. The van der Waals surface area contributed by atoms with Gasteiger partial charge in [0.25, 0.3) is 0 Å². The predicted octanol–water partition coefficient (Wildman–Crippen LogP) is 1.98. The zero-order chi connectivity index (χ0) is 8.97. The Morgan fingerprint density at radius 2 is 1.92 bits per heavy atom. The molecule has 0 aliphatic rings. The number of aryl methyl sites for hydroxylation is 1. The van der Waals surface area contributed by atoms with Crippen molar-refractivity contribution in [3.8, 4) is 0 Å². The van der Waals surface area contributed by atoms with Crippen LogP contribution in [0.15, 0.2) is 24.3 Å². The largest absolute Gasteiger partial charge is 0.315 e. The summed E-state index contributed by atoms with van der Waals surface area (Å²) in [5.41, 5.74) is 2.17. The zero-order valence-corrected chi connectivity index (χ0v) is 7.45. The molecule has 0 N–H and O–H groups in total. The van der Waals surface area contributed by atoms with Crippen LogP contribution < -0.4 is 4.90 Å². The van der Waals surface area contributed by atoms with E-state index in [9.17, 15) is 4.79 Å². The molecule has 0 bridgehead atoms. The van der Waals surface area contributed by atoms with Crippen molar-refractivity contribution < 1.29 is 4.79 Å². The van der Waals surface area contributed by atoms with E-state index in [-0.39, 0.29) is 0 Å². The van der Waals surface area contributed by atoms with Crippen molar-refractivity contribution in [3.05, 3.63) is 29.8 Å². The number of nitrogens with zero attached hydrogens (tertiary/aromatic N) is 1. The third kappa shape index (κ3) is 1.84. The summed E-state index contributed by atoms with van der Waals surface area (Å²) < 4.78 is 0. The van der Waals surface area contributed by atoms with Gasteiger partial charge in [0, 0.05) is 12.2 Å². The van der Waals surface area contributed by atoms with E-state index >= 15 is 0 Å². The van der Waals surface area contributed by atoms with Gasteiger partial charge in [-0.15, -0.1) is 0 Å². The second-order valence-electron chi connectivity index (χ2n) is 2.73. The maximum absolute atomic E-state index is 10.5. The fraction of sp³-hybridized carbons (Fsp3) is 0.300. The highest BCUT2D eigenvalue weighted by molar-refractivity contribution is 5.74. The van der Waals surface area contributed by atoms with E-state index in [0.717, 1.165) is 12.1 Å². The number of carbonyl (C=O) groups excluding carboxylic acids is 1. The second kappa shape index (κ2) is 3.90. The van der Waals surface area contributed by atoms with Gasteiger partial charge < -0.3 is 4.90 Å². The number of hydrogen-bond acceptors (Lipinski definition) is 1. The van der Waals surface area contributed by atoms with Crippen LogP contribution in [0.4, 0.5) is 5.69 Å². The van der Waals surface area contributed by atoms with Crippen LogP contribution in [0.1, 0.15) is 12.5 Å². The molecule has 0 saturated carbocycles. The molecule has 0 saturated heterocycles. The molecule has 64 valence electrons. The summed E-state index contributed by atoms with van der Waals surface area (Å²) in [4.78, 5) is 12.2. The first-order valence-electron chi connectivity index (χ1n) is 4.06. The van der Waals surface area contributed by atoms with Crippen molar-refractivity contribution in [1.29, 1.82) is 0 Å². The second-order valence-corrected chi connectivity index (χ2v) is 2.73. The van der Waals surface area contributed by atoms with Crippen LogP contribution in [0.25, 0.3) is 0 Å². The first-order chi connectivity index (χ1) is 5.77. The summed E-state index contributed by atoms with van der Waals surface area (Å²) in [6, 6.07) is 7.91. The maximum Gasteiger partial charge on any atom is 0.214 e. The fourth-order valence-electron chi connectivity index (χ4n) is 1.05. The van der Waals surface area contributed by atoms with Gasteiger partial charge in [0.15, 0.2) is 0 Å². The highest BCUT2D eigenvalue weighted by atomic mass is 16.1. The van der Waals surface area contributed by atoms with Crippen molar-refractivity contribution in [1.82, 2.24) is 0 Å². The molecule has 12 heavy (non-hydrogen) atoms. The van der Waals surface area contributed by atoms with Gasteiger partial charge in [-0.1, -0.05) is 17.7 Å². The van der Waals surface area contributed by atoms with Crippen LogP contribution in [0.2, 0.25) is 0 Å². The minimum Gasteiger partial charge on any atom is -0.315 e. The number of amides is 1. The Kier molecular flexibility index (Phi) is 2.86. The molecule has 0 aliphatic carbocycles. The quantitative estimate of drug-likeness (QED) is 0.624. The molecule has 0 fully saturated rings. The monoisotopic (exact) mass is 163 g/mol. The lowest BCUT2D eigenvalue weighted by atomic mass is 10.2. The van der Waals surface area contributed by atoms with E-state index < -0.39 is 0 Å². The van der Waals surface area contributed by atoms with E-state index in [1.807, 2.05) is 38.1 Å². The molecule has 0 aromatic heterocycles. The van der Waals surface area contributed by atoms with E-state index in [0.29, 0.717) is 6.54 Å². The Labute approximate surface area is 72.8 Å². The molecule has 0 spiro atoms. The zero-order valence-electron chi connectivity index (χ0n) is 7.45. The highest BCUT2D eigenvalue weighted by Gasteiger charge is 1.99. The van der Waals surface area contributed by atoms with Crippen LogP contribution in [-0.2, 0) is 4.79 Å². The summed E-state index contributed by atoms with van der Waals surface area (Å²) in [6.07, 6.45) is 0.852. The van der Waals surface area contributed by atoms with E-state index in [4.69, 9.17) is 0 Å². The van der Waals surface area contributed by atoms with Crippen molar-refractivity contribution in [3.63, 3.8) is 0 Å². The molecule has 1 aromatic rings. The van der Waals surface area contributed by atoms with Crippen molar-refractivity contribution >= 4 is 12.1 Å². The lowest BCUT2D eigenvalue weighted by molar-refractivity contribution is -0.107. The molecule has 0 aliphatic heterocycles. The summed E-state index contributed by atoms with van der Waals surface area (Å²) in [5.74, 6) is 0. The summed E-state index contributed by atoms with van der Waals surface area (Å²) in [7, 11) is 0. The van der Waals surface area contributed by atoms with Crippen LogP contribution in [0.5, 0.6) is 0 Å². The van der Waals surface area contributed by atoms with Crippen LogP contribution in [0, 0.1) is 6.92 Å². The van der Waals surface area contributed by atoms with Gasteiger partial charge >= 0.3 is 0 Å². The van der Waals surface area contributed by atoms with Gasteiger partial charge in [-0.05, 0) is 26.0 Å². The normalized spacial score (nSPS) is 9.50. The topological polar surface area (TPSA) is 20.3 Å². The van der Waals surface area contributed by atoms with Gasteiger partial charge in [0.1, 0.15) is 0 Å². The van der Waals surface area contributed by atoms with Crippen molar-refractivity contribution in [2.24, 2.45) is 0 Å². The Morgan fingerprint density at radius 3 is 2.33 bits per heavy atom. The first kappa shape index (κ1) is 8.78. The van der Waals surface area contributed by atoms with Gasteiger partial charge in [0.2, 0.25) is 6.41 Å². The molecule has 0 unspecified atom stereocenters. The van der Waals surface area contributed by atoms with E-state index in [2.05, 4.69) is 0 Å². The maximum atomic E-state index is 10.5. The lowest BCUT2D eigenvalue weighted by Crippen LogP contribution is -2.19. The minimum absolute atomic E-state index is 0.715. The van der Waals surface area contributed by atoms with E-state index in [1.165, 1.54) is 5.56 Å². The van der Waals surface area contributed by atoms with Gasteiger partial charge in [-0.3, -0.25) is 4.79 Å². The molecule has 2 nitrogen and oxygen atoms in total. The molecule has 1 aromatic carbocycles. The molecular formula is C10H13NO. The SMILES string of the molecule is CCN(C=O)c1ccc(C)cc1. The number of rotatable bonds is 3. The third-order valence-corrected chi connectivity index (χ3v) is 1.83. The van der Waals surface area contributed by atoms with Gasteiger partial charge in [0.05, 0.1) is 0 Å². The summed E-state index contributed by atoms with van der Waals surface area (Å²) in [6.45, 7) is 4.70. The Balaban J connectivity index is 2.87. The van der Waals surface area contributed by atoms with Crippen LogP contribution in [-0.4, -0.2) is 13.0 Å². The molecule has 0 atom stereocenters. The standard InChI is InChI=1S/C10H13NO/c1-3-11(8-12)10-6-4-9(2)5-7-10/h4-8H,3H2,1-2H3. The molecule has 0 radical (unpaired) electrons. The first-order valence-corrected chi connectivity index (χ1v) is 4.06. The minimum atomic E-state index is 0.715. The van der Waals surface area contributed by atoms with Crippen molar-refractivity contribution in [2.75, 3.05) is 11.4 Å². The number of carbonyl (C=O) groups is 1. The molecule has 2 heteroatoms. The highest BCUT2D eigenvalue weighted by Crippen LogP contribution is 2.12. The van der Waals surface area contributed by atoms with E-state index in [1.54, 1.807) is 4.90 Å². The lowest BCUT2D eigenvalue weighted by Gasteiger charge is -2.14. The Hall–Kier alpha value is -1.31. The molecule has 1 rings (SSSR count). The molecule has 1 amide bonds. The average Bonchev–Trinajstić information content (AvgIpc) is 2.10.